The third kappa shape index (κ3) is 3.69. The fourth-order valence-corrected chi connectivity index (χ4v) is 3.35. The normalized spacial score (nSPS) is 19.5. The minimum Gasteiger partial charge on any atom is -0.378 e. The van der Waals surface area contributed by atoms with Gasteiger partial charge in [0.2, 0.25) is 10.0 Å². The van der Waals surface area contributed by atoms with E-state index in [1.807, 2.05) is 6.07 Å². The summed E-state index contributed by atoms with van der Waals surface area (Å²) in [6.07, 6.45) is 0. The van der Waals surface area contributed by atoms with Gasteiger partial charge in [-0.05, 0) is 18.2 Å². The topological polar surface area (TPSA) is 91.2 Å². The van der Waals surface area contributed by atoms with E-state index < -0.39 is 10.0 Å². The average molecular weight is 316 g/mol. The van der Waals surface area contributed by atoms with Gasteiger partial charge in [0.1, 0.15) is 11.0 Å². The molecule has 108 valence electrons. The minimum absolute atomic E-state index is 0.0646. The molecule has 0 radical (unpaired) electrons. The number of ether oxygens (including phenoxy) is 1. The highest BCUT2D eigenvalue weighted by Gasteiger charge is 2.21. The first kappa shape index (κ1) is 15.2. The van der Waals surface area contributed by atoms with Gasteiger partial charge in [-0.1, -0.05) is 11.6 Å². The van der Waals surface area contributed by atoms with E-state index in [1.165, 1.54) is 18.2 Å². The molecular weight excluding hydrogens is 302 g/mol. The Labute approximate surface area is 122 Å². The predicted octanol–water partition coefficient (Wildman–Crippen LogP) is 0.478. The quantitative estimate of drug-likeness (QED) is 0.843. The molecule has 6 nitrogen and oxygen atoms in total. The summed E-state index contributed by atoms with van der Waals surface area (Å²) in [6, 6.07) is 5.91. The molecule has 20 heavy (non-hydrogen) atoms. The zero-order valence-electron chi connectivity index (χ0n) is 10.6. The van der Waals surface area contributed by atoms with E-state index in [-0.39, 0.29) is 28.1 Å². The summed E-state index contributed by atoms with van der Waals surface area (Å²) in [7, 11) is -3.78. The number of benzene rings is 1. The molecule has 8 heteroatoms. The average Bonchev–Trinajstić information content (AvgIpc) is 2.46. The molecule has 1 aromatic carbocycles. The first-order chi connectivity index (χ1) is 9.53. The molecule has 0 aliphatic carbocycles. The number of rotatable bonds is 4. The van der Waals surface area contributed by atoms with Crippen molar-refractivity contribution >= 4 is 21.6 Å². The zero-order chi connectivity index (χ0) is 14.6. The van der Waals surface area contributed by atoms with E-state index in [2.05, 4.69) is 10.0 Å². The monoisotopic (exact) mass is 315 g/mol. The van der Waals surface area contributed by atoms with Gasteiger partial charge in [0, 0.05) is 24.2 Å². The van der Waals surface area contributed by atoms with Crippen LogP contribution in [-0.2, 0) is 14.8 Å². The van der Waals surface area contributed by atoms with E-state index in [0.717, 1.165) is 0 Å². The lowest BCUT2D eigenvalue weighted by molar-refractivity contribution is 0.0784. The Kier molecular flexibility index (Phi) is 4.96. The molecule has 1 atom stereocenters. The maximum atomic E-state index is 12.2. The standard InChI is InChI=1S/C12H14ClN3O3S/c13-10-2-1-9(6-14)12(5-10)20(17,18)16-7-11-8-19-4-3-15-11/h1-2,5,11,15-16H,3-4,7-8H2. The van der Waals surface area contributed by atoms with Gasteiger partial charge in [0.25, 0.3) is 0 Å². The van der Waals surface area contributed by atoms with Crippen LogP contribution in [0.4, 0.5) is 0 Å². The number of morpholine rings is 1. The van der Waals surface area contributed by atoms with Crippen LogP contribution in [0.3, 0.4) is 0 Å². The molecule has 0 bridgehead atoms. The molecule has 1 fully saturated rings. The molecule has 2 rings (SSSR count). The maximum absolute atomic E-state index is 12.2. The highest BCUT2D eigenvalue weighted by atomic mass is 35.5. The second-order valence-electron chi connectivity index (χ2n) is 4.33. The van der Waals surface area contributed by atoms with Crippen LogP contribution in [0.2, 0.25) is 5.02 Å². The Balaban J connectivity index is 2.14. The lowest BCUT2D eigenvalue weighted by Crippen LogP contribution is -2.48. The van der Waals surface area contributed by atoms with Crippen molar-refractivity contribution in [3.05, 3.63) is 28.8 Å². The number of halogens is 1. The molecule has 1 aliphatic rings. The second-order valence-corrected chi connectivity index (χ2v) is 6.50. The smallest absolute Gasteiger partial charge is 0.241 e. The third-order valence-electron chi connectivity index (χ3n) is 2.87. The van der Waals surface area contributed by atoms with Crippen molar-refractivity contribution < 1.29 is 13.2 Å². The first-order valence-electron chi connectivity index (χ1n) is 6.03. The van der Waals surface area contributed by atoms with Crippen molar-refractivity contribution in [1.82, 2.24) is 10.0 Å². The van der Waals surface area contributed by atoms with Crippen LogP contribution < -0.4 is 10.0 Å². The molecule has 0 amide bonds. The van der Waals surface area contributed by atoms with Crippen molar-refractivity contribution in [3.8, 4) is 6.07 Å². The van der Waals surface area contributed by atoms with Crippen molar-refractivity contribution in [2.24, 2.45) is 0 Å². The molecule has 0 saturated carbocycles. The van der Waals surface area contributed by atoms with Crippen molar-refractivity contribution in [2.75, 3.05) is 26.3 Å². The summed E-state index contributed by atoms with van der Waals surface area (Å²) >= 11 is 5.79. The van der Waals surface area contributed by atoms with E-state index >= 15 is 0 Å². The van der Waals surface area contributed by atoms with Gasteiger partial charge in [-0.3, -0.25) is 0 Å². The van der Waals surface area contributed by atoms with Crippen LogP contribution >= 0.6 is 11.6 Å². The Morgan fingerprint density at radius 1 is 1.55 bits per heavy atom. The number of nitrogens with zero attached hydrogens (tertiary/aromatic N) is 1. The second kappa shape index (κ2) is 6.52. The molecule has 2 N–H and O–H groups in total. The minimum atomic E-state index is -3.78. The van der Waals surface area contributed by atoms with Crippen molar-refractivity contribution in [3.63, 3.8) is 0 Å². The fourth-order valence-electron chi connectivity index (χ4n) is 1.85. The van der Waals surface area contributed by atoms with Gasteiger partial charge < -0.3 is 10.1 Å². The van der Waals surface area contributed by atoms with Gasteiger partial charge in [0.15, 0.2) is 0 Å². The summed E-state index contributed by atoms with van der Waals surface area (Å²) in [5, 5.41) is 12.4. The van der Waals surface area contributed by atoms with Gasteiger partial charge in [-0.2, -0.15) is 5.26 Å². The van der Waals surface area contributed by atoms with Crippen LogP contribution in [0.15, 0.2) is 23.1 Å². The highest BCUT2D eigenvalue weighted by Crippen LogP contribution is 2.20. The van der Waals surface area contributed by atoms with Crippen LogP contribution in [0.25, 0.3) is 0 Å². The molecular formula is C12H14ClN3O3S. The van der Waals surface area contributed by atoms with E-state index in [1.54, 1.807) is 0 Å². The number of nitriles is 1. The Bertz CT molecular complexity index is 621. The summed E-state index contributed by atoms with van der Waals surface area (Å²) < 4.78 is 32.1. The van der Waals surface area contributed by atoms with E-state index in [4.69, 9.17) is 21.6 Å². The summed E-state index contributed by atoms with van der Waals surface area (Å²) in [6.45, 7) is 1.95. The van der Waals surface area contributed by atoms with Crippen molar-refractivity contribution in [1.29, 1.82) is 5.26 Å². The van der Waals surface area contributed by atoms with Gasteiger partial charge in [-0.25, -0.2) is 13.1 Å². The van der Waals surface area contributed by atoms with Gasteiger partial charge in [-0.15, -0.1) is 0 Å². The maximum Gasteiger partial charge on any atom is 0.241 e. The Hall–Kier alpha value is -1.17. The zero-order valence-corrected chi connectivity index (χ0v) is 12.2. The first-order valence-corrected chi connectivity index (χ1v) is 7.89. The molecule has 0 aromatic heterocycles. The molecule has 1 aliphatic heterocycles. The number of hydrogen-bond donors (Lipinski definition) is 2. The van der Waals surface area contributed by atoms with Crippen LogP contribution in [-0.4, -0.2) is 40.8 Å². The summed E-state index contributed by atoms with van der Waals surface area (Å²) in [4.78, 5) is -0.107. The lowest BCUT2D eigenvalue weighted by Gasteiger charge is -2.24. The largest absolute Gasteiger partial charge is 0.378 e. The highest BCUT2D eigenvalue weighted by molar-refractivity contribution is 7.89. The number of sulfonamides is 1. The van der Waals surface area contributed by atoms with Crippen LogP contribution in [0.1, 0.15) is 5.56 Å². The lowest BCUT2D eigenvalue weighted by atomic mass is 10.2. The molecule has 1 unspecified atom stereocenters. The van der Waals surface area contributed by atoms with Crippen LogP contribution in [0, 0.1) is 11.3 Å². The van der Waals surface area contributed by atoms with E-state index in [9.17, 15) is 8.42 Å². The van der Waals surface area contributed by atoms with Gasteiger partial charge >= 0.3 is 0 Å². The predicted molar refractivity (Wildman–Crippen MR) is 74.0 cm³/mol. The number of hydrogen-bond acceptors (Lipinski definition) is 5. The summed E-state index contributed by atoms with van der Waals surface area (Å²) in [5.41, 5.74) is 0.0646. The molecule has 1 aromatic rings. The molecule has 1 saturated heterocycles. The Morgan fingerprint density at radius 2 is 2.35 bits per heavy atom. The summed E-state index contributed by atoms with van der Waals surface area (Å²) in [5.74, 6) is 0. The third-order valence-corrected chi connectivity index (χ3v) is 4.57. The van der Waals surface area contributed by atoms with Gasteiger partial charge in [0.05, 0.1) is 18.8 Å². The number of nitrogens with one attached hydrogen (secondary N) is 2. The van der Waals surface area contributed by atoms with E-state index in [0.29, 0.717) is 19.8 Å². The molecule has 1 heterocycles. The fraction of sp³-hybridized carbons (Fsp3) is 0.417. The molecule has 0 spiro atoms. The van der Waals surface area contributed by atoms with Crippen LogP contribution in [0.5, 0.6) is 0 Å². The Morgan fingerprint density at radius 3 is 3.00 bits per heavy atom. The SMILES string of the molecule is N#Cc1ccc(Cl)cc1S(=O)(=O)NCC1COCCN1. The van der Waals surface area contributed by atoms with Crippen molar-refractivity contribution in [2.45, 2.75) is 10.9 Å².